The van der Waals surface area contributed by atoms with Crippen LogP contribution in [-0.2, 0) is 11.4 Å². The summed E-state index contributed by atoms with van der Waals surface area (Å²) in [6, 6.07) is 4.91. The van der Waals surface area contributed by atoms with Gasteiger partial charge in [-0.15, -0.1) is 0 Å². The largest absolute Gasteiger partial charge is 0.464 e. The van der Waals surface area contributed by atoms with E-state index in [1.54, 1.807) is 12.1 Å². The third-order valence-corrected chi connectivity index (χ3v) is 2.03. The van der Waals surface area contributed by atoms with Crippen LogP contribution in [0.25, 0.3) is 11.0 Å². The van der Waals surface area contributed by atoms with Gasteiger partial charge in [0, 0.05) is 23.6 Å². The van der Waals surface area contributed by atoms with Crippen LogP contribution < -0.4 is 5.48 Å². The molecule has 0 amide bonds. The summed E-state index contributed by atoms with van der Waals surface area (Å²) in [7, 11) is 1.49. The molecule has 0 spiro atoms. The van der Waals surface area contributed by atoms with Crippen LogP contribution in [0.5, 0.6) is 0 Å². The van der Waals surface area contributed by atoms with Crippen LogP contribution in [0.1, 0.15) is 5.56 Å². The van der Waals surface area contributed by atoms with Gasteiger partial charge in [0.1, 0.15) is 11.4 Å². The van der Waals surface area contributed by atoms with Crippen LogP contribution >= 0.6 is 0 Å². The average molecular weight is 195 g/mol. The van der Waals surface area contributed by atoms with E-state index in [1.807, 2.05) is 0 Å². The van der Waals surface area contributed by atoms with E-state index in [2.05, 4.69) is 10.3 Å². The summed E-state index contributed by atoms with van der Waals surface area (Å²) in [6.07, 6.45) is 1.54. The van der Waals surface area contributed by atoms with Gasteiger partial charge in [-0.3, -0.25) is 0 Å². The molecule has 1 aromatic heterocycles. The van der Waals surface area contributed by atoms with Crippen molar-refractivity contribution in [2.45, 2.75) is 6.54 Å². The predicted molar refractivity (Wildman–Crippen MR) is 50.0 cm³/mol. The van der Waals surface area contributed by atoms with E-state index in [1.165, 1.54) is 19.4 Å². The lowest BCUT2D eigenvalue weighted by atomic mass is 10.1. The molecule has 4 heteroatoms. The molecule has 1 aromatic carbocycles. The number of benzene rings is 1. The Balaban J connectivity index is 2.38. The minimum atomic E-state index is -0.294. The second kappa shape index (κ2) is 3.77. The van der Waals surface area contributed by atoms with Gasteiger partial charge in [-0.1, -0.05) is 0 Å². The molecule has 0 radical (unpaired) electrons. The van der Waals surface area contributed by atoms with Crippen molar-refractivity contribution in [3.8, 4) is 0 Å². The molecule has 74 valence electrons. The molecule has 2 aromatic rings. The van der Waals surface area contributed by atoms with Crippen molar-refractivity contribution in [1.29, 1.82) is 0 Å². The first-order chi connectivity index (χ1) is 6.81. The summed E-state index contributed by atoms with van der Waals surface area (Å²) in [6.45, 7) is 0.337. The highest BCUT2D eigenvalue weighted by atomic mass is 19.1. The molecule has 0 bridgehead atoms. The van der Waals surface area contributed by atoms with Gasteiger partial charge in [-0.25, -0.2) is 4.39 Å². The maximum absolute atomic E-state index is 13.4. The van der Waals surface area contributed by atoms with Crippen molar-refractivity contribution in [3.63, 3.8) is 0 Å². The lowest BCUT2D eigenvalue weighted by Gasteiger charge is -2.03. The molecule has 0 saturated heterocycles. The first-order valence-electron chi connectivity index (χ1n) is 4.22. The molecule has 0 aliphatic carbocycles. The SMILES string of the molecule is CONCc1cc2ccoc2cc1F. The molecule has 1 N–H and O–H groups in total. The molecule has 0 aliphatic rings. The number of furan rings is 1. The lowest BCUT2D eigenvalue weighted by molar-refractivity contribution is 0.0859. The van der Waals surface area contributed by atoms with Gasteiger partial charge in [0.25, 0.3) is 0 Å². The molecular weight excluding hydrogens is 185 g/mol. The zero-order valence-electron chi connectivity index (χ0n) is 7.71. The van der Waals surface area contributed by atoms with Crippen LogP contribution in [0.3, 0.4) is 0 Å². The minimum Gasteiger partial charge on any atom is -0.464 e. The van der Waals surface area contributed by atoms with E-state index in [9.17, 15) is 4.39 Å². The molecule has 14 heavy (non-hydrogen) atoms. The predicted octanol–water partition coefficient (Wildman–Crippen LogP) is 2.22. The fourth-order valence-corrected chi connectivity index (χ4v) is 1.32. The van der Waals surface area contributed by atoms with E-state index in [0.717, 1.165) is 5.39 Å². The normalized spacial score (nSPS) is 11.0. The second-order valence-electron chi connectivity index (χ2n) is 2.93. The molecular formula is C10H10FNO2. The van der Waals surface area contributed by atoms with Gasteiger partial charge in [0.2, 0.25) is 0 Å². The maximum atomic E-state index is 13.4. The third kappa shape index (κ3) is 1.62. The van der Waals surface area contributed by atoms with Crippen molar-refractivity contribution in [2.24, 2.45) is 0 Å². The Hall–Kier alpha value is -1.39. The molecule has 0 aliphatic heterocycles. The first-order valence-corrected chi connectivity index (χ1v) is 4.22. The number of rotatable bonds is 3. The molecule has 0 fully saturated rings. The van der Waals surface area contributed by atoms with Crippen molar-refractivity contribution in [1.82, 2.24) is 5.48 Å². The Bertz CT molecular complexity index is 439. The summed E-state index contributed by atoms with van der Waals surface area (Å²) in [5.74, 6) is -0.294. The zero-order chi connectivity index (χ0) is 9.97. The van der Waals surface area contributed by atoms with Crippen LogP contribution in [0, 0.1) is 5.82 Å². The fraction of sp³-hybridized carbons (Fsp3) is 0.200. The molecule has 2 rings (SSSR count). The molecule has 1 heterocycles. The molecule has 0 unspecified atom stereocenters. The number of fused-ring (bicyclic) bond motifs is 1. The van der Waals surface area contributed by atoms with Gasteiger partial charge < -0.3 is 9.25 Å². The van der Waals surface area contributed by atoms with E-state index >= 15 is 0 Å². The minimum absolute atomic E-state index is 0.294. The summed E-state index contributed by atoms with van der Waals surface area (Å²) >= 11 is 0. The summed E-state index contributed by atoms with van der Waals surface area (Å²) in [4.78, 5) is 4.65. The zero-order valence-corrected chi connectivity index (χ0v) is 7.71. The highest BCUT2D eigenvalue weighted by Crippen LogP contribution is 2.19. The quantitative estimate of drug-likeness (QED) is 0.762. The smallest absolute Gasteiger partial charge is 0.136 e. The Kier molecular flexibility index (Phi) is 2.47. The number of nitrogens with one attached hydrogen (secondary N) is 1. The van der Waals surface area contributed by atoms with E-state index in [4.69, 9.17) is 4.42 Å². The van der Waals surface area contributed by atoms with Crippen LogP contribution in [0.2, 0.25) is 0 Å². The van der Waals surface area contributed by atoms with Crippen molar-refractivity contribution < 1.29 is 13.6 Å². The van der Waals surface area contributed by atoms with E-state index in [-0.39, 0.29) is 5.82 Å². The van der Waals surface area contributed by atoms with Crippen LogP contribution in [0.4, 0.5) is 4.39 Å². The van der Waals surface area contributed by atoms with Gasteiger partial charge in [-0.2, -0.15) is 5.48 Å². The number of hydrogen-bond donors (Lipinski definition) is 1. The van der Waals surface area contributed by atoms with Crippen LogP contribution in [0.15, 0.2) is 28.9 Å². The number of halogens is 1. The van der Waals surface area contributed by atoms with E-state index in [0.29, 0.717) is 17.7 Å². The summed E-state index contributed by atoms with van der Waals surface area (Å²) < 4.78 is 18.4. The maximum Gasteiger partial charge on any atom is 0.136 e. The van der Waals surface area contributed by atoms with Gasteiger partial charge in [0.05, 0.1) is 13.4 Å². The van der Waals surface area contributed by atoms with Crippen molar-refractivity contribution >= 4 is 11.0 Å². The van der Waals surface area contributed by atoms with Crippen LogP contribution in [-0.4, -0.2) is 7.11 Å². The fourth-order valence-electron chi connectivity index (χ4n) is 1.32. The highest BCUT2D eigenvalue weighted by molar-refractivity contribution is 5.77. The first kappa shape index (κ1) is 9.18. The molecule has 0 atom stereocenters. The molecule has 3 nitrogen and oxygen atoms in total. The van der Waals surface area contributed by atoms with E-state index < -0.39 is 0 Å². The Labute approximate surface area is 80.4 Å². The Morgan fingerprint density at radius 3 is 3.14 bits per heavy atom. The number of hydroxylamine groups is 1. The molecule has 0 saturated carbocycles. The van der Waals surface area contributed by atoms with Crippen molar-refractivity contribution in [3.05, 3.63) is 35.8 Å². The summed E-state index contributed by atoms with van der Waals surface area (Å²) in [5.41, 5.74) is 3.71. The standard InChI is InChI=1S/C10H10FNO2/c1-13-12-6-8-4-7-2-3-14-10(7)5-9(8)11/h2-5,12H,6H2,1H3. The van der Waals surface area contributed by atoms with Crippen molar-refractivity contribution in [2.75, 3.05) is 7.11 Å². The number of hydrogen-bond acceptors (Lipinski definition) is 3. The average Bonchev–Trinajstić information content (AvgIpc) is 2.61. The monoisotopic (exact) mass is 195 g/mol. The summed E-state index contributed by atoms with van der Waals surface area (Å²) in [5, 5.41) is 0.888. The van der Waals surface area contributed by atoms with Gasteiger partial charge in [-0.05, 0) is 12.1 Å². The lowest BCUT2D eigenvalue weighted by Crippen LogP contribution is -2.11. The third-order valence-electron chi connectivity index (χ3n) is 2.03. The highest BCUT2D eigenvalue weighted by Gasteiger charge is 2.05. The van der Waals surface area contributed by atoms with Gasteiger partial charge >= 0.3 is 0 Å². The Morgan fingerprint density at radius 1 is 1.50 bits per heavy atom. The topological polar surface area (TPSA) is 34.4 Å². The van der Waals surface area contributed by atoms with Gasteiger partial charge in [0.15, 0.2) is 0 Å². The Morgan fingerprint density at radius 2 is 2.36 bits per heavy atom. The second-order valence-corrected chi connectivity index (χ2v) is 2.93.